The summed E-state index contributed by atoms with van der Waals surface area (Å²) in [6, 6.07) is 21.7. The first-order valence-corrected chi connectivity index (χ1v) is 10.8. The minimum atomic E-state index is -0.237. The molecule has 0 aliphatic carbocycles. The smallest absolute Gasteiger partial charge is 0.324 e. The van der Waals surface area contributed by atoms with E-state index in [-0.39, 0.29) is 11.9 Å². The summed E-state index contributed by atoms with van der Waals surface area (Å²) in [5.74, 6) is 0.483. The zero-order chi connectivity index (χ0) is 22.5. The van der Waals surface area contributed by atoms with Gasteiger partial charge in [0.25, 0.3) is 5.91 Å². The Morgan fingerprint density at radius 3 is 2.50 bits per heavy atom. The number of urea groups is 1. The summed E-state index contributed by atoms with van der Waals surface area (Å²) in [5, 5.41) is 3.55. The molecule has 1 aliphatic heterocycles. The van der Waals surface area contributed by atoms with E-state index >= 15 is 0 Å². The summed E-state index contributed by atoms with van der Waals surface area (Å²) in [6.45, 7) is 1.82. The molecule has 1 heterocycles. The van der Waals surface area contributed by atoms with Crippen molar-refractivity contribution in [2.24, 2.45) is 0 Å². The van der Waals surface area contributed by atoms with E-state index in [0.29, 0.717) is 41.6 Å². The van der Waals surface area contributed by atoms with Crippen LogP contribution in [-0.4, -0.2) is 37.0 Å². The van der Waals surface area contributed by atoms with Gasteiger partial charge in [-0.15, -0.1) is 0 Å². The molecule has 0 radical (unpaired) electrons. The minimum absolute atomic E-state index is 0.0705. The van der Waals surface area contributed by atoms with Crippen LogP contribution >= 0.6 is 11.6 Å². The second-order valence-corrected chi connectivity index (χ2v) is 8.01. The molecule has 1 fully saturated rings. The molecule has 1 N–H and O–H groups in total. The van der Waals surface area contributed by atoms with Gasteiger partial charge in [-0.3, -0.25) is 9.69 Å². The number of carbonyl (C=O) groups is 2. The highest BCUT2D eigenvalue weighted by atomic mass is 35.5. The van der Waals surface area contributed by atoms with Crippen molar-refractivity contribution in [1.82, 2.24) is 4.90 Å². The summed E-state index contributed by atoms with van der Waals surface area (Å²) in [6.07, 6.45) is 0.849. The van der Waals surface area contributed by atoms with Gasteiger partial charge in [-0.2, -0.15) is 0 Å². The van der Waals surface area contributed by atoms with Gasteiger partial charge in [0.1, 0.15) is 5.75 Å². The Kier molecular flexibility index (Phi) is 6.61. The molecular weight excluding hydrogens is 426 g/mol. The number of halogens is 1. The van der Waals surface area contributed by atoms with Crippen molar-refractivity contribution in [1.29, 1.82) is 0 Å². The van der Waals surface area contributed by atoms with Crippen LogP contribution in [0.25, 0.3) is 0 Å². The highest BCUT2D eigenvalue weighted by Gasteiger charge is 2.27. The monoisotopic (exact) mass is 449 g/mol. The average Bonchev–Trinajstić information content (AvgIpc) is 2.82. The van der Waals surface area contributed by atoms with E-state index < -0.39 is 0 Å². The van der Waals surface area contributed by atoms with Crippen LogP contribution in [0.3, 0.4) is 0 Å². The lowest BCUT2D eigenvalue weighted by Crippen LogP contribution is -2.49. The first-order chi connectivity index (χ1) is 15.5. The zero-order valence-corrected chi connectivity index (χ0v) is 18.5. The third-order valence-corrected chi connectivity index (χ3v) is 5.62. The van der Waals surface area contributed by atoms with Crippen LogP contribution < -0.4 is 15.0 Å². The fourth-order valence-corrected chi connectivity index (χ4v) is 3.80. The average molecular weight is 450 g/mol. The molecule has 6 nitrogen and oxygen atoms in total. The molecule has 1 saturated heterocycles. The second kappa shape index (κ2) is 9.75. The van der Waals surface area contributed by atoms with Crippen molar-refractivity contribution in [2.45, 2.75) is 13.0 Å². The van der Waals surface area contributed by atoms with Gasteiger partial charge < -0.3 is 15.0 Å². The molecular formula is C25H24ClN3O3. The van der Waals surface area contributed by atoms with Crippen molar-refractivity contribution in [2.75, 3.05) is 30.4 Å². The number of benzene rings is 3. The SMILES string of the molecule is COc1ccc(NC(=O)c2cccc(N3CCCN(Cc4ccc(Cl)cc4)C3=O)c2)cc1. The molecule has 0 spiro atoms. The van der Waals surface area contributed by atoms with Crippen LogP contribution in [0.2, 0.25) is 5.02 Å². The quantitative estimate of drug-likeness (QED) is 0.545. The van der Waals surface area contributed by atoms with E-state index in [9.17, 15) is 9.59 Å². The van der Waals surface area contributed by atoms with Crippen LogP contribution in [0, 0.1) is 0 Å². The maximum Gasteiger partial charge on any atom is 0.324 e. The molecule has 7 heteroatoms. The Labute approximate surface area is 192 Å². The normalized spacial score (nSPS) is 13.8. The van der Waals surface area contributed by atoms with E-state index in [1.54, 1.807) is 54.5 Å². The summed E-state index contributed by atoms with van der Waals surface area (Å²) in [5.41, 5.74) is 2.89. The molecule has 3 aromatic carbocycles. The van der Waals surface area contributed by atoms with Gasteiger partial charge >= 0.3 is 6.03 Å². The van der Waals surface area contributed by atoms with Crippen LogP contribution in [0.1, 0.15) is 22.3 Å². The third-order valence-electron chi connectivity index (χ3n) is 5.37. The maximum atomic E-state index is 13.1. The van der Waals surface area contributed by atoms with Crippen LogP contribution in [0.15, 0.2) is 72.8 Å². The third kappa shape index (κ3) is 5.03. The second-order valence-electron chi connectivity index (χ2n) is 7.57. The molecule has 4 rings (SSSR count). The molecule has 1 aliphatic rings. The summed E-state index contributed by atoms with van der Waals surface area (Å²) < 4.78 is 5.14. The first-order valence-electron chi connectivity index (χ1n) is 10.4. The van der Waals surface area contributed by atoms with Gasteiger partial charge in [0, 0.05) is 41.6 Å². The first kappa shape index (κ1) is 21.7. The molecule has 0 aromatic heterocycles. The largest absolute Gasteiger partial charge is 0.497 e. The van der Waals surface area contributed by atoms with Crippen LogP contribution in [0.4, 0.5) is 16.2 Å². The van der Waals surface area contributed by atoms with E-state index in [0.717, 1.165) is 17.7 Å². The summed E-state index contributed by atoms with van der Waals surface area (Å²) in [7, 11) is 1.59. The van der Waals surface area contributed by atoms with Gasteiger partial charge in [0.05, 0.1) is 7.11 Å². The number of nitrogens with one attached hydrogen (secondary N) is 1. The highest BCUT2D eigenvalue weighted by Crippen LogP contribution is 2.24. The number of rotatable bonds is 6. The van der Waals surface area contributed by atoms with Crippen LogP contribution in [-0.2, 0) is 6.54 Å². The number of methoxy groups -OCH3 is 1. The number of carbonyl (C=O) groups excluding carboxylic acids is 2. The molecule has 32 heavy (non-hydrogen) atoms. The molecule has 0 bridgehead atoms. The Hall–Kier alpha value is -3.51. The number of hydrogen-bond donors (Lipinski definition) is 1. The molecule has 0 saturated carbocycles. The minimum Gasteiger partial charge on any atom is -0.497 e. The van der Waals surface area contributed by atoms with Gasteiger partial charge in [0.15, 0.2) is 0 Å². The molecule has 164 valence electrons. The topological polar surface area (TPSA) is 61.9 Å². The Balaban J connectivity index is 1.46. The standard InChI is InChI=1S/C25H24ClN3O3/c1-32-23-12-10-21(11-13-23)27-24(30)19-4-2-5-22(16-19)29-15-3-14-28(25(29)31)17-18-6-8-20(26)9-7-18/h2,4-13,16H,3,14-15,17H2,1H3,(H,27,30). The fourth-order valence-electron chi connectivity index (χ4n) is 3.67. The Bertz CT molecular complexity index is 1100. The molecule has 0 atom stereocenters. The van der Waals surface area contributed by atoms with Gasteiger partial charge in [-0.1, -0.05) is 29.8 Å². The predicted octanol–water partition coefficient (Wildman–Crippen LogP) is 5.43. The number of ether oxygens (including phenoxy) is 1. The highest BCUT2D eigenvalue weighted by molar-refractivity contribution is 6.30. The van der Waals surface area contributed by atoms with E-state index in [1.807, 2.05) is 35.2 Å². The van der Waals surface area contributed by atoms with E-state index in [1.165, 1.54) is 0 Å². The van der Waals surface area contributed by atoms with Crippen molar-refractivity contribution in [3.05, 3.63) is 88.9 Å². The lowest BCUT2D eigenvalue weighted by atomic mass is 10.1. The van der Waals surface area contributed by atoms with E-state index in [4.69, 9.17) is 16.3 Å². The number of hydrogen-bond acceptors (Lipinski definition) is 3. The van der Waals surface area contributed by atoms with Crippen molar-refractivity contribution < 1.29 is 14.3 Å². The predicted molar refractivity (Wildman–Crippen MR) is 127 cm³/mol. The Morgan fingerprint density at radius 1 is 1.03 bits per heavy atom. The lowest BCUT2D eigenvalue weighted by Gasteiger charge is -2.35. The van der Waals surface area contributed by atoms with E-state index in [2.05, 4.69) is 5.32 Å². The number of amides is 3. The summed E-state index contributed by atoms with van der Waals surface area (Å²) in [4.78, 5) is 29.4. The van der Waals surface area contributed by atoms with Gasteiger partial charge in [-0.25, -0.2) is 4.79 Å². The molecule has 3 aromatic rings. The van der Waals surface area contributed by atoms with Gasteiger partial charge in [0.2, 0.25) is 0 Å². The maximum absolute atomic E-state index is 13.1. The lowest BCUT2D eigenvalue weighted by molar-refractivity contribution is 0.102. The van der Waals surface area contributed by atoms with Crippen molar-refractivity contribution in [3.8, 4) is 5.75 Å². The number of anilines is 2. The van der Waals surface area contributed by atoms with Crippen molar-refractivity contribution in [3.63, 3.8) is 0 Å². The number of nitrogens with zero attached hydrogens (tertiary/aromatic N) is 2. The van der Waals surface area contributed by atoms with Crippen LogP contribution in [0.5, 0.6) is 5.75 Å². The Morgan fingerprint density at radius 2 is 1.78 bits per heavy atom. The zero-order valence-electron chi connectivity index (χ0n) is 17.8. The summed E-state index contributed by atoms with van der Waals surface area (Å²) >= 11 is 5.96. The van der Waals surface area contributed by atoms with Gasteiger partial charge in [-0.05, 0) is 66.6 Å². The molecule has 3 amide bonds. The van der Waals surface area contributed by atoms with Crippen molar-refractivity contribution >= 4 is 34.9 Å². The fraction of sp³-hybridized carbons (Fsp3) is 0.200. The molecule has 0 unspecified atom stereocenters.